The number of unbranched alkanes of at least 4 members (excludes halogenated alkanes) is 13. The van der Waals surface area contributed by atoms with Crippen molar-refractivity contribution in [1.82, 2.24) is 9.88 Å². The molecule has 10 nitrogen and oxygen atoms in total. The van der Waals surface area contributed by atoms with E-state index in [2.05, 4.69) is 26.7 Å². The van der Waals surface area contributed by atoms with E-state index in [9.17, 15) is 20.1 Å². The zero-order valence-electron chi connectivity index (χ0n) is 22.7. The van der Waals surface area contributed by atoms with Gasteiger partial charge in [-0.25, -0.2) is 9.78 Å². The van der Waals surface area contributed by atoms with Crippen LogP contribution >= 0.6 is 0 Å². The van der Waals surface area contributed by atoms with Crippen LogP contribution in [0.1, 0.15) is 100 Å². The molecule has 1 aliphatic heterocycles. The molecular formula is C27H47N5O5. The molecule has 0 radical (unpaired) electrons. The number of carbonyl (C=O) groups excluding carboxylic acids is 1. The number of nitrogens with zero attached hydrogens (tertiary/aromatic N) is 4. The van der Waals surface area contributed by atoms with Gasteiger partial charge in [-0.05, 0) is 38.4 Å². The minimum absolute atomic E-state index is 0.213. The van der Waals surface area contributed by atoms with E-state index in [1.165, 1.54) is 51.4 Å². The normalized spacial score (nSPS) is 15.0. The van der Waals surface area contributed by atoms with Crippen molar-refractivity contribution in [3.63, 3.8) is 0 Å². The molecule has 210 valence electrons. The Morgan fingerprint density at radius 1 is 0.892 bits per heavy atom. The standard InChI is InChI=1S/C27H47N5O5/c1-29-19-21-30(22-20-29)26-17-16-25(24-28-26)27(33)31(34)18-14-12-10-8-6-4-2-3-5-7-9-11-13-15-23-37-32(35)36/h16-17,24,31H,2-15,18-23H2,1H3. The molecule has 0 spiro atoms. The number of hydrogen-bond donors (Lipinski definition) is 1. The van der Waals surface area contributed by atoms with Crippen LogP contribution in [0.4, 0.5) is 5.82 Å². The molecule has 0 aliphatic carbocycles. The molecule has 1 aromatic heterocycles. The highest BCUT2D eigenvalue weighted by Crippen LogP contribution is 2.14. The number of likely N-dealkylation sites (N-methyl/N-ethyl adjacent to an activating group) is 1. The molecule has 2 heterocycles. The molecule has 1 atom stereocenters. The average molecular weight is 522 g/mol. The Labute approximate surface area is 222 Å². The van der Waals surface area contributed by atoms with Gasteiger partial charge in [0.05, 0.1) is 18.7 Å². The lowest BCUT2D eigenvalue weighted by molar-refractivity contribution is -0.757. The van der Waals surface area contributed by atoms with Crippen LogP contribution in [0.3, 0.4) is 0 Å². The first-order valence-electron chi connectivity index (χ1n) is 14.2. The first-order chi connectivity index (χ1) is 18.0. The van der Waals surface area contributed by atoms with Crippen LogP contribution in [0.15, 0.2) is 18.3 Å². The van der Waals surface area contributed by atoms with E-state index in [4.69, 9.17) is 0 Å². The Morgan fingerprint density at radius 3 is 1.89 bits per heavy atom. The van der Waals surface area contributed by atoms with E-state index >= 15 is 0 Å². The monoisotopic (exact) mass is 521 g/mol. The van der Waals surface area contributed by atoms with Gasteiger partial charge in [-0.15, -0.1) is 10.1 Å². The fraction of sp³-hybridized carbons (Fsp3) is 0.778. The number of nitrogens with one attached hydrogen (secondary N) is 1. The van der Waals surface area contributed by atoms with Gasteiger partial charge in [0, 0.05) is 32.4 Å². The molecule has 0 aromatic carbocycles. The van der Waals surface area contributed by atoms with Gasteiger partial charge in [-0.2, -0.15) is 0 Å². The summed E-state index contributed by atoms with van der Waals surface area (Å²) in [5.41, 5.74) is 0.394. The molecule has 1 unspecified atom stereocenters. The zero-order valence-corrected chi connectivity index (χ0v) is 22.7. The number of piperazine rings is 1. The largest absolute Gasteiger partial charge is 0.626 e. The number of hydrogen-bond acceptors (Lipinski definition) is 8. The summed E-state index contributed by atoms with van der Waals surface area (Å²) in [6, 6.07) is 3.59. The highest BCUT2D eigenvalue weighted by molar-refractivity contribution is 5.87. The van der Waals surface area contributed by atoms with Crippen molar-refractivity contribution in [3.8, 4) is 0 Å². The van der Waals surface area contributed by atoms with Gasteiger partial charge in [-0.1, -0.05) is 70.6 Å². The van der Waals surface area contributed by atoms with Crippen LogP contribution in [0, 0.1) is 15.3 Å². The number of carbonyl (C=O) groups is 1. The number of quaternary nitrogens is 1. The summed E-state index contributed by atoms with van der Waals surface area (Å²) in [7, 11) is 2.11. The maximum Gasteiger partial charge on any atom is 0.345 e. The zero-order chi connectivity index (χ0) is 26.7. The molecule has 2 rings (SSSR count). The number of hydroxylamine groups is 2. The van der Waals surface area contributed by atoms with Gasteiger partial charge in [0.1, 0.15) is 5.82 Å². The fourth-order valence-electron chi connectivity index (χ4n) is 4.67. The van der Waals surface area contributed by atoms with Crippen LogP contribution in [0.2, 0.25) is 0 Å². The van der Waals surface area contributed by atoms with Crippen LogP contribution < -0.4 is 9.96 Å². The molecule has 10 heteroatoms. The quantitative estimate of drug-likeness (QED) is 0.155. The van der Waals surface area contributed by atoms with Gasteiger partial charge in [-0.3, -0.25) is 0 Å². The average Bonchev–Trinajstić information content (AvgIpc) is 2.90. The van der Waals surface area contributed by atoms with Crippen molar-refractivity contribution >= 4 is 11.7 Å². The van der Waals surface area contributed by atoms with E-state index in [-0.39, 0.29) is 11.7 Å². The van der Waals surface area contributed by atoms with Crippen molar-refractivity contribution in [2.45, 2.75) is 89.9 Å². The van der Waals surface area contributed by atoms with Crippen LogP contribution in [0.5, 0.6) is 0 Å². The molecule has 0 bridgehead atoms. The predicted molar refractivity (Wildman–Crippen MR) is 145 cm³/mol. The summed E-state index contributed by atoms with van der Waals surface area (Å²) < 4.78 is 0. The third-order valence-electron chi connectivity index (χ3n) is 7.09. The molecule has 1 amide bonds. The molecular weight excluding hydrogens is 474 g/mol. The molecule has 1 aliphatic rings. The predicted octanol–water partition coefficient (Wildman–Crippen LogP) is 4.03. The number of anilines is 1. The maximum atomic E-state index is 12.5. The van der Waals surface area contributed by atoms with Crippen molar-refractivity contribution in [2.24, 2.45) is 0 Å². The highest BCUT2D eigenvalue weighted by atomic mass is 16.9. The van der Waals surface area contributed by atoms with Crippen molar-refractivity contribution < 1.29 is 19.8 Å². The van der Waals surface area contributed by atoms with Crippen LogP contribution in [-0.2, 0) is 4.84 Å². The molecule has 1 N–H and O–H groups in total. The molecule has 1 saturated heterocycles. The smallest absolute Gasteiger partial charge is 0.345 e. The summed E-state index contributed by atoms with van der Waals surface area (Å²) in [6.07, 6.45) is 17.2. The minimum Gasteiger partial charge on any atom is -0.626 e. The van der Waals surface area contributed by atoms with Crippen molar-refractivity contribution in [2.75, 3.05) is 51.3 Å². The Bertz CT molecular complexity index is 756. The summed E-state index contributed by atoms with van der Waals surface area (Å²) in [5, 5.41) is 21.3. The summed E-state index contributed by atoms with van der Waals surface area (Å²) in [6.45, 7) is 4.37. The Balaban J connectivity index is 1.40. The molecule has 0 saturated carbocycles. The summed E-state index contributed by atoms with van der Waals surface area (Å²) >= 11 is 0. The van der Waals surface area contributed by atoms with E-state index in [1.54, 1.807) is 12.3 Å². The van der Waals surface area contributed by atoms with Gasteiger partial charge in [0.2, 0.25) is 0 Å². The minimum atomic E-state index is -0.724. The number of amides is 1. The Morgan fingerprint density at radius 2 is 1.41 bits per heavy atom. The second-order valence-corrected chi connectivity index (χ2v) is 10.2. The molecule has 1 fully saturated rings. The second kappa shape index (κ2) is 18.9. The summed E-state index contributed by atoms with van der Waals surface area (Å²) in [4.78, 5) is 35.7. The topological polar surface area (TPSA) is 116 Å². The van der Waals surface area contributed by atoms with Crippen LogP contribution in [0.25, 0.3) is 0 Å². The SMILES string of the molecule is CN1CCN(c2ccc(C(=O)[NH+]([O-])CCCCCCCCCCCCCCCCO[N+](=O)[O-])cn2)CC1. The molecule has 1 aromatic rings. The van der Waals surface area contributed by atoms with E-state index in [1.807, 2.05) is 6.07 Å². The fourth-order valence-corrected chi connectivity index (χ4v) is 4.67. The lowest BCUT2D eigenvalue weighted by atomic mass is 10.0. The number of pyridine rings is 1. The Hall–Kier alpha value is -2.30. The lowest BCUT2D eigenvalue weighted by Crippen LogP contribution is -3.10. The number of aromatic nitrogens is 1. The second-order valence-electron chi connectivity index (χ2n) is 10.2. The summed E-state index contributed by atoms with van der Waals surface area (Å²) in [5.74, 6) is 0.452. The third-order valence-corrected chi connectivity index (χ3v) is 7.09. The first kappa shape index (κ1) is 30.9. The van der Waals surface area contributed by atoms with E-state index < -0.39 is 11.0 Å². The third kappa shape index (κ3) is 13.7. The van der Waals surface area contributed by atoms with Gasteiger partial charge >= 0.3 is 5.91 Å². The Kier molecular flexibility index (Phi) is 15.8. The van der Waals surface area contributed by atoms with Gasteiger partial charge in [0.15, 0.2) is 0 Å². The van der Waals surface area contributed by atoms with E-state index in [0.717, 1.165) is 70.5 Å². The van der Waals surface area contributed by atoms with Gasteiger partial charge in [0.25, 0.3) is 5.09 Å². The molecule has 37 heavy (non-hydrogen) atoms. The van der Waals surface area contributed by atoms with Crippen molar-refractivity contribution in [3.05, 3.63) is 39.2 Å². The first-order valence-corrected chi connectivity index (χ1v) is 14.2. The number of rotatable bonds is 20. The van der Waals surface area contributed by atoms with E-state index in [0.29, 0.717) is 12.1 Å². The van der Waals surface area contributed by atoms with Gasteiger partial charge < -0.3 is 24.9 Å². The highest BCUT2D eigenvalue weighted by Gasteiger charge is 2.18. The lowest BCUT2D eigenvalue weighted by Gasteiger charge is -2.33. The van der Waals surface area contributed by atoms with Crippen LogP contribution in [-0.4, -0.2) is 67.3 Å². The maximum absolute atomic E-state index is 12.5. The van der Waals surface area contributed by atoms with Crippen molar-refractivity contribution in [1.29, 1.82) is 0 Å².